The molecule has 1 heterocycles. The van der Waals surface area contributed by atoms with E-state index < -0.39 is 26.4 Å². The minimum absolute atomic E-state index is 0.0585. The maximum atomic E-state index is 14.5. The smallest absolute Gasteiger partial charge is 0.178 e. The van der Waals surface area contributed by atoms with Crippen LogP contribution >= 0.6 is 0 Å². The van der Waals surface area contributed by atoms with Gasteiger partial charge in [-0.3, -0.25) is 4.98 Å². The molecule has 0 bridgehead atoms. The Morgan fingerprint density at radius 3 is 2.54 bits per heavy atom. The summed E-state index contributed by atoms with van der Waals surface area (Å²) < 4.78 is 51.7. The Bertz CT molecular complexity index is 992. The summed E-state index contributed by atoms with van der Waals surface area (Å²) in [5, 5.41) is 0. The van der Waals surface area contributed by atoms with E-state index in [-0.39, 0.29) is 5.56 Å². The summed E-state index contributed by atoms with van der Waals surface area (Å²) >= 11 is 0. The lowest BCUT2D eigenvalue weighted by atomic mass is 9.98. The Balaban J connectivity index is 2.18. The van der Waals surface area contributed by atoms with Crippen molar-refractivity contribution in [2.45, 2.75) is 18.2 Å². The molecule has 24 heavy (non-hydrogen) atoms. The van der Waals surface area contributed by atoms with Gasteiger partial charge < -0.3 is 0 Å². The van der Waals surface area contributed by atoms with Crippen LogP contribution < -0.4 is 0 Å². The molecule has 0 fully saturated rings. The SMILES string of the molecule is Cc1cccc(C2=C(c3cc(F)c(S(C)(=O)=O)cc3F)CC=C2)n1. The van der Waals surface area contributed by atoms with Crippen molar-refractivity contribution >= 4 is 21.0 Å². The van der Waals surface area contributed by atoms with E-state index in [2.05, 4.69) is 4.98 Å². The third-order valence-corrected chi connectivity index (χ3v) is 4.95. The number of nitrogens with zero attached hydrogens (tertiary/aromatic N) is 1. The predicted molar refractivity (Wildman–Crippen MR) is 89.0 cm³/mol. The Hall–Kier alpha value is -2.34. The standard InChI is InChI=1S/C18H15F2NO2S/c1-11-5-3-8-17(21-11)13-7-4-6-12(13)14-9-16(20)18(10-15(14)19)24(2,22)23/h3-5,7-10H,6H2,1-2H3. The van der Waals surface area contributed by atoms with E-state index in [0.29, 0.717) is 23.3 Å². The molecule has 0 N–H and O–H groups in total. The predicted octanol–water partition coefficient (Wildman–Crippen LogP) is 3.94. The lowest BCUT2D eigenvalue weighted by Crippen LogP contribution is -2.04. The lowest BCUT2D eigenvalue weighted by Gasteiger charge is -2.11. The van der Waals surface area contributed by atoms with E-state index in [1.54, 1.807) is 6.07 Å². The van der Waals surface area contributed by atoms with Crippen LogP contribution in [0.25, 0.3) is 11.1 Å². The van der Waals surface area contributed by atoms with Gasteiger partial charge in [-0.15, -0.1) is 0 Å². The van der Waals surface area contributed by atoms with Crippen molar-refractivity contribution in [1.82, 2.24) is 4.98 Å². The maximum Gasteiger partial charge on any atom is 0.178 e. The lowest BCUT2D eigenvalue weighted by molar-refractivity contribution is 0.554. The fourth-order valence-electron chi connectivity index (χ4n) is 2.74. The molecule has 0 aliphatic heterocycles. The van der Waals surface area contributed by atoms with Gasteiger partial charge in [0.1, 0.15) is 16.5 Å². The van der Waals surface area contributed by atoms with E-state index in [1.807, 2.05) is 31.2 Å². The van der Waals surface area contributed by atoms with Crippen molar-refractivity contribution < 1.29 is 17.2 Å². The Morgan fingerprint density at radius 1 is 1.12 bits per heavy atom. The van der Waals surface area contributed by atoms with Crippen molar-refractivity contribution in [1.29, 1.82) is 0 Å². The second-order valence-corrected chi connectivity index (χ2v) is 7.68. The topological polar surface area (TPSA) is 47.0 Å². The Labute approximate surface area is 139 Å². The number of hydrogen-bond donors (Lipinski definition) is 0. The van der Waals surface area contributed by atoms with Gasteiger partial charge in [-0.25, -0.2) is 17.2 Å². The summed E-state index contributed by atoms with van der Waals surface area (Å²) in [7, 11) is -3.83. The third-order valence-electron chi connectivity index (χ3n) is 3.84. The first-order valence-electron chi connectivity index (χ1n) is 7.30. The highest BCUT2D eigenvalue weighted by molar-refractivity contribution is 7.90. The molecule has 3 rings (SSSR count). The van der Waals surface area contributed by atoms with E-state index >= 15 is 0 Å². The molecule has 2 aromatic rings. The largest absolute Gasteiger partial charge is 0.253 e. The zero-order chi connectivity index (χ0) is 17.5. The van der Waals surface area contributed by atoms with Crippen LogP contribution in [-0.4, -0.2) is 19.7 Å². The van der Waals surface area contributed by atoms with Crippen LogP contribution in [0.1, 0.15) is 23.4 Å². The summed E-state index contributed by atoms with van der Waals surface area (Å²) in [6.07, 6.45) is 4.94. The highest BCUT2D eigenvalue weighted by Gasteiger charge is 2.22. The second kappa shape index (κ2) is 5.94. The number of aryl methyl sites for hydroxylation is 1. The quantitative estimate of drug-likeness (QED) is 0.845. The van der Waals surface area contributed by atoms with Gasteiger partial charge in [0.15, 0.2) is 9.84 Å². The van der Waals surface area contributed by atoms with Crippen molar-refractivity contribution in [3.8, 4) is 0 Å². The first-order chi connectivity index (χ1) is 11.3. The number of aromatic nitrogens is 1. The van der Waals surface area contributed by atoms with Gasteiger partial charge in [-0.1, -0.05) is 18.2 Å². The molecule has 1 aromatic heterocycles. The molecule has 0 unspecified atom stereocenters. The molecule has 6 heteroatoms. The number of allylic oxidation sites excluding steroid dienone is 4. The zero-order valence-electron chi connectivity index (χ0n) is 13.2. The molecule has 0 spiro atoms. The first kappa shape index (κ1) is 16.5. The highest BCUT2D eigenvalue weighted by atomic mass is 32.2. The van der Waals surface area contributed by atoms with Gasteiger partial charge in [0, 0.05) is 23.1 Å². The van der Waals surface area contributed by atoms with Gasteiger partial charge in [0.05, 0.1) is 5.69 Å². The van der Waals surface area contributed by atoms with Crippen molar-refractivity contribution in [2.75, 3.05) is 6.26 Å². The van der Waals surface area contributed by atoms with E-state index in [4.69, 9.17) is 0 Å². The molecule has 0 radical (unpaired) electrons. The average molecular weight is 347 g/mol. The van der Waals surface area contributed by atoms with Crippen LogP contribution in [-0.2, 0) is 9.84 Å². The van der Waals surface area contributed by atoms with Gasteiger partial charge in [-0.05, 0) is 43.2 Å². The fourth-order valence-corrected chi connectivity index (χ4v) is 3.47. The molecule has 3 nitrogen and oxygen atoms in total. The molecule has 1 aliphatic carbocycles. The van der Waals surface area contributed by atoms with Crippen LogP contribution in [0.2, 0.25) is 0 Å². The Kier molecular flexibility index (Phi) is 4.09. The number of sulfone groups is 1. The highest BCUT2D eigenvalue weighted by Crippen LogP contribution is 2.36. The molecule has 0 saturated carbocycles. The maximum absolute atomic E-state index is 14.5. The van der Waals surface area contributed by atoms with Crippen molar-refractivity contribution in [3.63, 3.8) is 0 Å². The number of halogens is 2. The van der Waals surface area contributed by atoms with Crippen molar-refractivity contribution in [2.24, 2.45) is 0 Å². The summed E-state index contributed by atoms with van der Waals surface area (Å²) in [6, 6.07) is 7.19. The van der Waals surface area contributed by atoms with Gasteiger partial charge in [-0.2, -0.15) is 0 Å². The molecular formula is C18H15F2NO2S. The second-order valence-electron chi connectivity index (χ2n) is 5.70. The molecule has 124 valence electrons. The van der Waals surface area contributed by atoms with E-state index in [1.165, 1.54) is 0 Å². The molecule has 0 saturated heterocycles. The summed E-state index contributed by atoms with van der Waals surface area (Å²) in [6.45, 7) is 1.85. The van der Waals surface area contributed by atoms with Crippen LogP contribution in [0.5, 0.6) is 0 Å². The van der Waals surface area contributed by atoms with Gasteiger partial charge >= 0.3 is 0 Å². The average Bonchev–Trinajstić information content (AvgIpc) is 2.97. The van der Waals surface area contributed by atoms with Crippen LogP contribution in [0.4, 0.5) is 8.78 Å². The van der Waals surface area contributed by atoms with E-state index in [0.717, 1.165) is 24.1 Å². The molecule has 1 aliphatic rings. The van der Waals surface area contributed by atoms with Crippen LogP contribution in [0.3, 0.4) is 0 Å². The van der Waals surface area contributed by atoms with Crippen LogP contribution in [0, 0.1) is 18.6 Å². The third kappa shape index (κ3) is 3.01. The van der Waals surface area contributed by atoms with Crippen LogP contribution in [0.15, 0.2) is 47.4 Å². The Morgan fingerprint density at radius 2 is 1.88 bits per heavy atom. The first-order valence-corrected chi connectivity index (χ1v) is 9.19. The molecule has 0 atom stereocenters. The molecule has 1 aromatic carbocycles. The zero-order valence-corrected chi connectivity index (χ0v) is 14.0. The minimum Gasteiger partial charge on any atom is -0.253 e. The number of benzene rings is 1. The van der Waals surface area contributed by atoms with Gasteiger partial charge in [0.2, 0.25) is 0 Å². The number of hydrogen-bond acceptors (Lipinski definition) is 3. The minimum atomic E-state index is -3.83. The van der Waals surface area contributed by atoms with E-state index in [9.17, 15) is 17.2 Å². The summed E-state index contributed by atoms with van der Waals surface area (Å²) in [5.74, 6) is -1.72. The van der Waals surface area contributed by atoms with Gasteiger partial charge in [0.25, 0.3) is 0 Å². The fraction of sp³-hybridized carbons (Fsp3) is 0.167. The normalized spacial score (nSPS) is 14.5. The molecule has 0 amide bonds. The molecular weight excluding hydrogens is 332 g/mol. The summed E-state index contributed by atoms with van der Waals surface area (Å²) in [4.78, 5) is 3.78. The summed E-state index contributed by atoms with van der Waals surface area (Å²) in [5.41, 5.74) is 2.85. The number of pyridine rings is 1. The van der Waals surface area contributed by atoms with Crippen molar-refractivity contribution in [3.05, 3.63) is 71.1 Å². The number of rotatable bonds is 3. The monoisotopic (exact) mass is 347 g/mol.